The Morgan fingerprint density at radius 3 is 3.05 bits per heavy atom. The van der Waals surface area contributed by atoms with Crippen molar-refractivity contribution in [1.82, 2.24) is 19.5 Å². The molecule has 2 heterocycles. The first-order valence-electron chi connectivity index (χ1n) is 6.56. The number of nitrogens with two attached hydrogens (primary N) is 1. The second-order valence-electron chi connectivity index (χ2n) is 4.93. The van der Waals surface area contributed by atoms with Crippen LogP contribution in [0.2, 0.25) is 0 Å². The molecule has 3 atom stereocenters. The van der Waals surface area contributed by atoms with Crippen molar-refractivity contribution >= 4 is 23.0 Å². The van der Waals surface area contributed by atoms with E-state index in [1.54, 1.807) is 6.33 Å². The van der Waals surface area contributed by atoms with Gasteiger partial charge in [0.25, 0.3) is 0 Å². The van der Waals surface area contributed by atoms with Gasteiger partial charge in [-0.2, -0.15) is 0 Å². The highest BCUT2D eigenvalue weighted by Gasteiger charge is 2.26. The van der Waals surface area contributed by atoms with Crippen molar-refractivity contribution in [2.24, 2.45) is 0 Å². The van der Waals surface area contributed by atoms with Crippen LogP contribution in [-0.2, 0) is 9.53 Å². The second kappa shape index (κ2) is 5.13. The molecular weight excluding hydrogens is 274 g/mol. The smallest absolute Gasteiger partial charge is 0.332 e. The summed E-state index contributed by atoms with van der Waals surface area (Å²) in [5, 5.41) is 8.87. The average molecular weight is 289 g/mol. The number of carbonyl (C=O) groups is 1. The van der Waals surface area contributed by atoms with Crippen molar-refractivity contribution < 1.29 is 14.6 Å². The molecule has 2 aromatic heterocycles. The third-order valence-electron chi connectivity index (χ3n) is 3.49. The Morgan fingerprint density at radius 2 is 2.29 bits per heavy atom. The summed E-state index contributed by atoms with van der Waals surface area (Å²) in [6.45, 7) is 1.52. The highest BCUT2D eigenvalue weighted by Crippen LogP contribution is 2.29. The molecule has 2 aromatic rings. The molecule has 110 valence electrons. The average Bonchev–Trinajstić information content (AvgIpc) is 3.05. The molecule has 21 heavy (non-hydrogen) atoms. The fourth-order valence-electron chi connectivity index (χ4n) is 2.39. The maximum absolute atomic E-state index is 10.8. The van der Waals surface area contributed by atoms with Gasteiger partial charge in [0.2, 0.25) is 0 Å². The Morgan fingerprint density at radius 1 is 1.48 bits per heavy atom. The van der Waals surface area contributed by atoms with E-state index in [1.807, 2.05) is 16.7 Å². The summed E-state index contributed by atoms with van der Waals surface area (Å²) in [4.78, 5) is 23.1. The van der Waals surface area contributed by atoms with E-state index >= 15 is 0 Å². The van der Waals surface area contributed by atoms with Crippen LogP contribution in [0.4, 0.5) is 5.82 Å². The maximum Gasteiger partial charge on any atom is 0.332 e. The van der Waals surface area contributed by atoms with E-state index in [2.05, 4.69) is 15.0 Å². The number of rotatable bonds is 4. The van der Waals surface area contributed by atoms with Gasteiger partial charge in [-0.25, -0.2) is 19.7 Å². The SMILES string of the molecule is CC(O[C@H]1C=C[C@@H](n2cnc3c(N)ncnc32)C1)C(=O)O. The van der Waals surface area contributed by atoms with Crippen molar-refractivity contribution in [1.29, 1.82) is 0 Å². The number of allylic oxidation sites excluding steroid dienone is 1. The number of aliphatic carboxylic acids is 1. The summed E-state index contributed by atoms with van der Waals surface area (Å²) in [6.07, 6.45) is 6.43. The van der Waals surface area contributed by atoms with Gasteiger partial charge in [-0.15, -0.1) is 0 Å². The number of nitrogen functional groups attached to an aromatic ring is 1. The van der Waals surface area contributed by atoms with Gasteiger partial charge in [-0.3, -0.25) is 0 Å². The van der Waals surface area contributed by atoms with Crippen LogP contribution in [0, 0.1) is 0 Å². The van der Waals surface area contributed by atoms with Gasteiger partial charge in [0.1, 0.15) is 11.8 Å². The molecule has 8 heteroatoms. The first-order chi connectivity index (χ1) is 10.1. The number of hydrogen-bond donors (Lipinski definition) is 2. The van der Waals surface area contributed by atoms with Crippen molar-refractivity contribution in [3.8, 4) is 0 Å². The molecule has 0 saturated carbocycles. The molecule has 1 unspecified atom stereocenters. The molecule has 0 spiro atoms. The largest absolute Gasteiger partial charge is 0.479 e. The van der Waals surface area contributed by atoms with E-state index in [1.165, 1.54) is 13.3 Å². The zero-order valence-electron chi connectivity index (χ0n) is 11.4. The lowest BCUT2D eigenvalue weighted by Gasteiger charge is -2.16. The second-order valence-corrected chi connectivity index (χ2v) is 4.93. The Labute approximate surface area is 120 Å². The number of fused-ring (bicyclic) bond motifs is 1. The normalized spacial score (nSPS) is 22.7. The number of ether oxygens (including phenoxy) is 1. The Balaban J connectivity index is 1.78. The van der Waals surface area contributed by atoms with Gasteiger partial charge in [0.15, 0.2) is 17.6 Å². The first-order valence-corrected chi connectivity index (χ1v) is 6.56. The minimum atomic E-state index is -0.972. The molecule has 1 aliphatic rings. The monoisotopic (exact) mass is 289 g/mol. The zero-order valence-corrected chi connectivity index (χ0v) is 11.4. The lowest BCUT2D eigenvalue weighted by molar-refractivity contribution is -0.151. The molecule has 3 N–H and O–H groups in total. The van der Waals surface area contributed by atoms with Crippen molar-refractivity contribution in [2.75, 3.05) is 5.73 Å². The van der Waals surface area contributed by atoms with Crippen LogP contribution < -0.4 is 5.73 Å². The van der Waals surface area contributed by atoms with Crippen molar-refractivity contribution in [2.45, 2.75) is 31.6 Å². The lowest BCUT2D eigenvalue weighted by atomic mass is 10.2. The molecule has 0 saturated heterocycles. The van der Waals surface area contributed by atoms with Crippen LogP contribution in [0.5, 0.6) is 0 Å². The van der Waals surface area contributed by atoms with E-state index in [0.717, 1.165) is 0 Å². The summed E-state index contributed by atoms with van der Waals surface area (Å²) >= 11 is 0. The Kier molecular flexibility index (Phi) is 3.30. The van der Waals surface area contributed by atoms with Crippen LogP contribution >= 0.6 is 0 Å². The number of anilines is 1. The number of imidazole rings is 1. The van der Waals surface area contributed by atoms with Gasteiger partial charge in [0, 0.05) is 6.42 Å². The zero-order chi connectivity index (χ0) is 15.0. The molecule has 8 nitrogen and oxygen atoms in total. The van der Waals surface area contributed by atoms with Gasteiger partial charge >= 0.3 is 5.97 Å². The summed E-state index contributed by atoms with van der Waals surface area (Å²) < 4.78 is 7.35. The summed E-state index contributed by atoms with van der Waals surface area (Å²) in [7, 11) is 0. The molecule has 0 aromatic carbocycles. The molecule has 3 rings (SSSR count). The van der Waals surface area contributed by atoms with Gasteiger partial charge in [-0.05, 0) is 6.92 Å². The van der Waals surface area contributed by atoms with Crippen LogP contribution in [-0.4, -0.2) is 42.8 Å². The molecule has 0 amide bonds. The molecular formula is C13H15N5O3. The van der Waals surface area contributed by atoms with Gasteiger partial charge in [0.05, 0.1) is 18.5 Å². The summed E-state index contributed by atoms with van der Waals surface area (Å²) in [6, 6.07) is 0.00953. The van der Waals surface area contributed by atoms with E-state index in [-0.39, 0.29) is 12.1 Å². The third kappa shape index (κ3) is 2.45. The van der Waals surface area contributed by atoms with Crippen molar-refractivity contribution in [3.05, 3.63) is 24.8 Å². The summed E-state index contributed by atoms with van der Waals surface area (Å²) in [5.74, 6) is -0.631. The van der Waals surface area contributed by atoms with Crippen LogP contribution in [0.25, 0.3) is 11.2 Å². The van der Waals surface area contributed by atoms with E-state index < -0.39 is 12.1 Å². The highest BCUT2D eigenvalue weighted by molar-refractivity contribution is 5.81. The summed E-state index contributed by atoms with van der Waals surface area (Å²) in [5.41, 5.74) is 6.98. The predicted octanol–water partition coefficient (Wildman–Crippen LogP) is 0.768. The molecule has 0 bridgehead atoms. The van der Waals surface area contributed by atoms with E-state index in [9.17, 15) is 4.79 Å². The van der Waals surface area contributed by atoms with Crippen LogP contribution in [0.15, 0.2) is 24.8 Å². The molecule has 0 fully saturated rings. The fraction of sp³-hybridized carbons (Fsp3) is 0.385. The highest BCUT2D eigenvalue weighted by atomic mass is 16.5. The topological polar surface area (TPSA) is 116 Å². The number of carboxylic acid groups (broad SMARTS) is 1. The fourth-order valence-corrected chi connectivity index (χ4v) is 2.39. The van der Waals surface area contributed by atoms with Gasteiger partial charge < -0.3 is 20.1 Å². The quantitative estimate of drug-likeness (QED) is 0.798. The van der Waals surface area contributed by atoms with Crippen LogP contribution in [0.1, 0.15) is 19.4 Å². The minimum absolute atomic E-state index is 0.00953. The maximum atomic E-state index is 10.8. The first kappa shape index (κ1) is 13.5. The van der Waals surface area contributed by atoms with E-state index in [0.29, 0.717) is 23.4 Å². The minimum Gasteiger partial charge on any atom is -0.479 e. The van der Waals surface area contributed by atoms with Gasteiger partial charge in [-0.1, -0.05) is 12.2 Å². The van der Waals surface area contributed by atoms with Crippen LogP contribution in [0.3, 0.4) is 0 Å². The molecule has 1 aliphatic carbocycles. The predicted molar refractivity (Wildman–Crippen MR) is 74.5 cm³/mol. The number of hydrogen-bond acceptors (Lipinski definition) is 6. The number of aromatic nitrogens is 4. The Hall–Kier alpha value is -2.48. The standard InChI is InChI=1S/C13H15N5O3/c1-7(13(19)20)21-9-3-2-8(4-9)18-6-17-10-11(14)15-5-16-12(10)18/h2-3,5-9H,4H2,1H3,(H,19,20)(H2,14,15,16)/t7?,8-,9+/m1/s1. The third-order valence-corrected chi connectivity index (χ3v) is 3.49. The number of nitrogens with zero attached hydrogens (tertiary/aromatic N) is 4. The van der Waals surface area contributed by atoms with E-state index in [4.69, 9.17) is 15.6 Å². The Bertz CT molecular complexity index is 711. The lowest BCUT2D eigenvalue weighted by Crippen LogP contribution is -2.25. The molecule has 0 radical (unpaired) electrons. The number of carboxylic acids is 1. The molecule has 0 aliphatic heterocycles. The van der Waals surface area contributed by atoms with Crippen molar-refractivity contribution in [3.63, 3.8) is 0 Å².